The molecule has 2 saturated carbocycles. The minimum absolute atomic E-state index is 0.149. The number of sulfonamides is 1. The van der Waals surface area contributed by atoms with Gasteiger partial charge in [-0.2, -0.15) is 4.31 Å². The summed E-state index contributed by atoms with van der Waals surface area (Å²) in [7, 11) is -3.56. The molecule has 1 aliphatic heterocycles. The van der Waals surface area contributed by atoms with Crippen molar-refractivity contribution in [2.75, 3.05) is 18.8 Å². The van der Waals surface area contributed by atoms with E-state index in [-0.39, 0.29) is 31.7 Å². The fourth-order valence-electron chi connectivity index (χ4n) is 3.85. The lowest BCUT2D eigenvalue weighted by Gasteiger charge is -2.42. The smallest absolute Gasteiger partial charge is 0.313 e. The zero-order valence-electron chi connectivity index (χ0n) is 12.8. The molecule has 1 heterocycles. The van der Waals surface area contributed by atoms with E-state index >= 15 is 0 Å². The highest BCUT2D eigenvalue weighted by Gasteiger charge is 2.49. The minimum atomic E-state index is -3.56. The van der Waals surface area contributed by atoms with Crippen LogP contribution in [-0.4, -0.2) is 48.6 Å². The molecule has 2 aliphatic carbocycles. The maximum absolute atomic E-state index is 12.8. The maximum atomic E-state index is 12.8. The van der Waals surface area contributed by atoms with Gasteiger partial charge in [-0.05, 0) is 25.2 Å². The van der Waals surface area contributed by atoms with Gasteiger partial charge in [0.15, 0.2) is 0 Å². The molecule has 0 unspecified atom stereocenters. The van der Waals surface area contributed by atoms with Crippen molar-refractivity contribution in [2.24, 2.45) is 11.3 Å². The highest BCUT2D eigenvalue weighted by Crippen LogP contribution is 2.49. The quantitative estimate of drug-likeness (QED) is 0.773. The van der Waals surface area contributed by atoms with E-state index < -0.39 is 33.2 Å². The lowest BCUT2D eigenvalue weighted by Crippen LogP contribution is -2.46. The Bertz CT molecular complexity index is 632. The largest absolute Gasteiger partial charge is 0.481 e. The Kier molecular flexibility index (Phi) is 4.03. The number of hydrogen-bond donors (Lipinski definition) is 1. The molecule has 0 spiro atoms. The van der Waals surface area contributed by atoms with E-state index in [0.717, 1.165) is 12.0 Å². The van der Waals surface area contributed by atoms with E-state index in [1.54, 1.807) is 6.08 Å². The third kappa shape index (κ3) is 3.03. The number of carboxylic acid groups (broad SMARTS) is 1. The second-order valence-electron chi connectivity index (χ2n) is 6.99. The monoisotopic (exact) mass is 349 g/mol. The molecular formula is C15H21F2NO4S. The maximum Gasteiger partial charge on any atom is 0.313 e. The van der Waals surface area contributed by atoms with Crippen molar-refractivity contribution in [3.8, 4) is 0 Å². The molecule has 23 heavy (non-hydrogen) atoms. The van der Waals surface area contributed by atoms with Gasteiger partial charge in [-0.15, -0.1) is 0 Å². The number of alkyl halides is 2. The molecule has 0 amide bonds. The predicted molar refractivity (Wildman–Crippen MR) is 79.7 cm³/mol. The van der Waals surface area contributed by atoms with Crippen LogP contribution in [0.5, 0.6) is 0 Å². The summed E-state index contributed by atoms with van der Waals surface area (Å²) in [6.45, 7) is 0.391. The van der Waals surface area contributed by atoms with Gasteiger partial charge in [0.05, 0.1) is 11.2 Å². The van der Waals surface area contributed by atoms with Crippen molar-refractivity contribution in [2.45, 2.75) is 44.4 Å². The summed E-state index contributed by atoms with van der Waals surface area (Å²) >= 11 is 0. The molecule has 0 aromatic carbocycles. The van der Waals surface area contributed by atoms with Gasteiger partial charge in [0.25, 0.3) is 0 Å². The zero-order valence-corrected chi connectivity index (χ0v) is 13.6. The number of halogens is 2. The molecular weight excluding hydrogens is 328 g/mol. The number of hydrogen-bond acceptors (Lipinski definition) is 3. The van der Waals surface area contributed by atoms with Crippen LogP contribution in [0, 0.1) is 11.3 Å². The van der Waals surface area contributed by atoms with E-state index in [4.69, 9.17) is 0 Å². The van der Waals surface area contributed by atoms with Crippen LogP contribution in [0.3, 0.4) is 0 Å². The predicted octanol–water partition coefficient (Wildman–Crippen LogP) is 2.25. The van der Waals surface area contributed by atoms with Gasteiger partial charge < -0.3 is 5.11 Å². The van der Waals surface area contributed by atoms with E-state index in [9.17, 15) is 27.1 Å². The molecule has 1 N–H and O–H groups in total. The summed E-state index contributed by atoms with van der Waals surface area (Å²) in [5.74, 6) is -4.26. The van der Waals surface area contributed by atoms with Gasteiger partial charge in [-0.25, -0.2) is 17.2 Å². The first kappa shape index (κ1) is 16.8. The molecule has 0 saturated heterocycles. The molecule has 3 rings (SSSR count). The Morgan fingerprint density at radius 1 is 1.35 bits per heavy atom. The minimum Gasteiger partial charge on any atom is -0.481 e. The van der Waals surface area contributed by atoms with Gasteiger partial charge in [0, 0.05) is 25.9 Å². The van der Waals surface area contributed by atoms with Crippen LogP contribution in [0.1, 0.15) is 38.5 Å². The summed E-state index contributed by atoms with van der Waals surface area (Å²) in [4.78, 5) is 11.5. The first-order valence-electron chi connectivity index (χ1n) is 7.93. The van der Waals surface area contributed by atoms with Crippen LogP contribution in [0.2, 0.25) is 0 Å². The van der Waals surface area contributed by atoms with Crippen LogP contribution >= 0.6 is 0 Å². The molecule has 0 aromatic heterocycles. The summed E-state index contributed by atoms with van der Waals surface area (Å²) in [6.07, 6.45) is 3.50. The second-order valence-corrected chi connectivity index (χ2v) is 9.00. The number of rotatable bonds is 5. The van der Waals surface area contributed by atoms with Crippen molar-refractivity contribution in [3.63, 3.8) is 0 Å². The average molecular weight is 349 g/mol. The van der Waals surface area contributed by atoms with Gasteiger partial charge in [0.1, 0.15) is 0 Å². The molecule has 130 valence electrons. The third-order valence-electron chi connectivity index (χ3n) is 5.42. The Hall–Kier alpha value is -1.02. The SMILES string of the molecule is O=C(O)C1(C2=CCN(S(=O)(=O)CC3CC(F)(F)C3)CC2)CCC1. The van der Waals surface area contributed by atoms with E-state index in [2.05, 4.69) is 0 Å². The lowest BCUT2D eigenvalue weighted by atomic mass is 9.63. The average Bonchev–Trinajstić information content (AvgIpc) is 2.35. The van der Waals surface area contributed by atoms with E-state index in [1.165, 1.54) is 4.31 Å². The fourth-order valence-corrected chi connectivity index (χ4v) is 5.56. The third-order valence-corrected chi connectivity index (χ3v) is 7.43. The number of nitrogens with zero attached hydrogens (tertiary/aromatic N) is 1. The first-order valence-corrected chi connectivity index (χ1v) is 9.54. The highest BCUT2D eigenvalue weighted by molar-refractivity contribution is 7.89. The normalized spacial score (nSPS) is 27.7. The Morgan fingerprint density at radius 2 is 2.00 bits per heavy atom. The van der Waals surface area contributed by atoms with Crippen molar-refractivity contribution in [3.05, 3.63) is 11.6 Å². The standard InChI is InChI=1S/C15H21F2NO4S/c16-15(17)8-11(9-15)10-23(21,22)18-6-2-12(3-7-18)14(13(19)20)4-1-5-14/h2,11H,1,3-10H2,(H,19,20). The van der Waals surface area contributed by atoms with Crippen molar-refractivity contribution < 1.29 is 27.1 Å². The molecule has 5 nitrogen and oxygen atoms in total. The second kappa shape index (κ2) is 5.51. The summed E-state index contributed by atoms with van der Waals surface area (Å²) in [5, 5.41) is 9.43. The molecule has 2 fully saturated rings. The lowest BCUT2D eigenvalue weighted by molar-refractivity contribution is -0.151. The highest BCUT2D eigenvalue weighted by atomic mass is 32.2. The Morgan fingerprint density at radius 3 is 2.39 bits per heavy atom. The zero-order chi connectivity index (χ0) is 16.9. The molecule has 0 aromatic rings. The fraction of sp³-hybridized carbons (Fsp3) is 0.800. The molecule has 0 atom stereocenters. The molecule has 0 bridgehead atoms. The van der Waals surface area contributed by atoms with Gasteiger partial charge in [-0.3, -0.25) is 4.79 Å². The van der Waals surface area contributed by atoms with E-state index in [1.807, 2.05) is 0 Å². The van der Waals surface area contributed by atoms with Gasteiger partial charge in [0.2, 0.25) is 15.9 Å². The van der Waals surface area contributed by atoms with Crippen LogP contribution in [0.15, 0.2) is 11.6 Å². The topological polar surface area (TPSA) is 74.7 Å². The molecule has 8 heteroatoms. The summed E-state index contributed by atoms with van der Waals surface area (Å²) in [5.41, 5.74) is 0.0178. The number of aliphatic carboxylic acids is 1. The van der Waals surface area contributed by atoms with Crippen molar-refractivity contribution in [1.29, 1.82) is 0 Å². The first-order chi connectivity index (χ1) is 10.6. The van der Waals surface area contributed by atoms with Crippen LogP contribution in [0.25, 0.3) is 0 Å². The number of carboxylic acids is 1. The Balaban J connectivity index is 1.63. The number of carbonyl (C=O) groups is 1. The summed E-state index contributed by atoms with van der Waals surface area (Å²) < 4.78 is 51.6. The van der Waals surface area contributed by atoms with Gasteiger partial charge in [-0.1, -0.05) is 18.1 Å². The van der Waals surface area contributed by atoms with Crippen molar-refractivity contribution in [1.82, 2.24) is 4.31 Å². The molecule has 3 aliphatic rings. The summed E-state index contributed by atoms with van der Waals surface area (Å²) in [6, 6.07) is 0. The molecule has 0 radical (unpaired) electrons. The van der Waals surface area contributed by atoms with Crippen LogP contribution in [0.4, 0.5) is 8.78 Å². The van der Waals surface area contributed by atoms with Crippen LogP contribution < -0.4 is 0 Å². The van der Waals surface area contributed by atoms with Gasteiger partial charge >= 0.3 is 5.97 Å². The van der Waals surface area contributed by atoms with Crippen molar-refractivity contribution >= 4 is 16.0 Å². The van der Waals surface area contributed by atoms with Crippen LogP contribution in [-0.2, 0) is 14.8 Å². The Labute approximate surface area is 134 Å². The van der Waals surface area contributed by atoms with E-state index in [0.29, 0.717) is 19.3 Å².